The topological polar surface area (TPSA) is 103 Å². The summed E-state index contributed by atoms with van der Waals surface area (Å²) in [5, 5.41) is 4.45. The van der Waals surface area contributed by atoms with Crippen LogP contribution in [0.4, 0.5) is 29.3 Å². The number of halogens is 4. The van der Waals surface area contributed by atoms with Gasteiger partial charge in [0.05, 0.1) is 16.1 Å². The lowest BCUT2D eigenvalue weighted by Crippen LogP contribution is -2.19. The summed E-state index contributed by atoms with van der Waals surface area (Å²) in [5.74, 6) is 0. The molecule has 2 heterocycles. The maximum Gasteiger partial charge on any atom is 0.417 e. The molecular weight excluding hydrogens is 467 g/mol. The van der Waals surface area contributed by atoms with E-state index in [9.17, 15) is 22.8 Å². The molecule has 2 amide bonds. The molecule has 12 heteroatoms. The van der Waals surface area contributed by atoms with E-state index in [-0.39, 0.29) is 11.4 Å². The minimum atomic E-state index is -4.63. The fourth-order valence-corrected chi connectivity index (χ4v) is 3.97. The molecule has 4 N–H and O–H groups in total. The van der Waals surface area contributed by atoms with Crippen molar-refractivity contribution in [3.8, 4) is 0 Å². The van der Waals surface area contributed by atoms with Crippen molar-refractivity contribution in [2.45, 2.75) is 16.0 Å². The summed E-state index contributed by atoms with van der Waals surface area (Å²) in [6.45, 7) is 0. The monoisotopic (exact) mass is 479 g/mol. The highest BCUT2D eigenvalue weighted by Gasteiger charge is 2.33. The first-order chi connectivity index (χ1) is 15.2. The van der Waals surface area contributed by atoms with E-state index in [2.05, 4.69) is 25.6 Å². The molecule has 2 aromatic carbocycles. The van der Waals surface area contributed by atoms with Gasteiger partial charge in [0.2, 0.25) is 0 Å². The number of fused-ring (bicyclic) bond motifs is 1. The maximum atomic E-state index is 13.0. The molecule has 32 heavy (non-hydrogen) atoms. The Morgan fingerprint density at radius 2 is 1.69 bits per heavy atom. The highest BCUT2D eigenvalue weighted by molar-refractivity contribution is 7.99. The van der Waals surface area contributed by atoms with Crippen LogP contribution in [0.15, 0.2) is 69.3 Å². The van der Waals surface area contributed by atoms with E-state index in [1.165, 1.54) is 17.8 Å². The van der Waals surface area contributed by atoms with Crippen LogP contribution in [-0.2, 0) is 6.18 Å². The summed E-state index contributed by atoms with van der Waals surface area (Å²) in [6, 6.07) is 11.0. The van der Waals surface area contributed by atoms with Crippen LogP contribution in [0.5, 0.6) is 0 Å². The van der Waals surface area contributed by atoms with E-state index in [4.69, 9.17) is 11.6 Å². The van der Waals surface area contributed by atoms with E-state index in [1.807, 2.05) is 0 Å². The number of aromatic nitrogens is 3. The minimum Gasteiger partial charge on any atom is -0.308 e. The van der Waals surface area contributed by atoms with Gasteiger partial charge in [-0.3, -0.25) is 4.98 Å². The van der Waals surface area contributed by atoms with Gasteiger partial charge >= 0.3 is 17.9 Å². The van der Waals surface area contributed by atoms with Crippen molar-refractivity contribution >= 4 is 51.9 Å². The van der Waals surface area contributed by atoms with Crippen LogP contribution in [0, 0.1) is 0 Å². The summed E-state index contributed by atoms with van der Waals surface area (Å²) in [5.41, 5.74) is 0.0398. The maximum absolute atomic E-state index is 13.0. The molecule has 0 saturated heterocycles. The quantitative estimate of drug-likeness (QED) is 0.300. The molecule has 0 radical (unpaired) electrons. The predicted octanol–water partition coefficient (Wildman–Crippen LogP) is 5.72. The fraction of sp³-hybridized carbons (Fsp3) is 0.0500. The Balaban J connectivity index is 1.42. The van der Waals surface area contributed by atoms with Crippen molar-refractivity contribution < 1.29 is 18.0 Å². The van der Waals surface area contributed by atoms with Gasteiger partial charge in [-0.1, -0.05) is 23.4 Å². The number of nitrogens with one attached hydrogen (secondary N) is 4. The highest BCUT2D eigenvalue weighted by atomic mass is 35.5. The van der Waals surface area contributed by atoms with Gasteiger partial charge in [-0.15, -0.1) is 0 Å². The van der Waals surface area contributed by atoms with E-state index in [0.29, 0.717) is 16.9 Å². The van der Waals surface area contributed by atoms with Gasteiger partial charge in [-0.05, 0) is 48.5 Å². The summed E-state index contributed by atoms with van der Waals surface area (Å²) in [4.78, 5) is 34.6. The molecule has 164 valence electrons. The molecule has 0 aliphatic heterocycles. The van der Waals surface area contributed by atoms with Gasteiger partial charge in [0.15, 0.2) is 5.65 Å². The number of amides is 2. The number of rotatable bonds is 4. The van der Waals surface area contributed by atoms with Gasteiger partial charge < -0.3 is 15.6 Å². The minimum absolute atomic E-state index is 0.0476. The van der Waals surface area contributed by atoms with Crippen molar-refractivity contribution in [2.75, 3.05) is 10.6 Å². The molecule has 0 atom stereocenters. The Kier molecular flexibility index (Phi) is 5.85. The molecule has 0 spiro atoms. The summed E-state index contributed by atoms with van der Waals surface area (Å²) in [7, 11) is 0. The summed E-state index contributed by atoms with van der Waals surface area (Å²) >= 11 is 6.97. The van der Waals surface area contributed by atoms with Gasteiger partial charge in [-0.2, -0.15) is 13.2 Å². The van der Waals surface area contributed by atoms with E-state index >= 15 is 0 Å². The second kappa shape index (κ2) is 8.60. The molecule has 4 rings (SSSR count). The lowest BCUT2D eigenvalue weighted by Gasteiger charge is -2.12. The number of benzene rings is 2. The zero-order chi connectivity index (χ0) is 22.9. The number of H-pyrrole nitrogens is 2. The molecule has 0 aliphatic rings. The lowest BCUT2D eigenvalue weighted by molar-refractivity contribution is -0.137. The first kappa shape index (κ1) is 21.8. The van der Waals surface area contributed by atoms with Crippen LogP contribution in [0.2, 0.25) is 5.02 Å². The molecular formula is C20H13ClF3N5O2S. The zero-order valence-electron chi connectivity index (χ0n) is 15.9. The number of carbonyl (C=O) groups excluding carboxylic acids is 1. The van der Waals surface area contributed by atoms with Crippen LogP contribution < -0.4 is 16.3 Å². The Morgan fingerprint density at radius 3 is 2.41 bits per heavy atom. The molecule has 0 bridgehead atoms. The average Bonchev–Trinajstić information content (AvgIpc) is 3.11. The average molecular weight is 480 g/mol. The molecule has 0 aliphatic carbocycles. The standard InChI is InChI=1S/C20H13ClF3N5O2S/c21-14-6-3-11(9-13(14)20(22,23)24)27-18(30)26-10-1-4-12(5-2-10)32-15-7-8-25-17-16(15)28-19(31)29-17/h1-9H,(H2,26,27,30)(H2,25,28,29,31). The summed E-state index contributed by atoms with van der Waals surface area (Å²) in [6.07, 6.45) is -3.05. The smallest absolute Gasteiger partial charge is 0.308 e. The number of aromatic amines is 2. The highest BCUT2D eigenvalue weighted by Crippen LogP contribution is 2.36. The van der Waals surface area contributed by atoms with Crippen molar-refractivity contribution in [2.24, 2.45) is 0 Å². The molecule has 0 fully saturated rings. The van der Waals surface area contributed by atoms with Gasteiger partial charge in [-0.25, -0.2) is 14.6 Å². The summed E-state index contributed by atoms with van der Waals surface area (Å²) < 4.78 is 38.9. The normalized spacial score (nSPS) is 11.5. The third-order valence-electron chi connectivity index (χ3n) is 4.25. The SMILES string of the molecule is O=C(Nc1ccc(Sc2ccnc3[nH]c(=O)[nH]c23)cc1)Nc1ccc(Cl)c(C(F)(F)F)c1. The third-order valence-corrected chi connectivity index (χ3v) is 5.65. The molecule has 2 aromatic heterocycles. The lowest BCUT2D eigenvalue weighted by atomic mass is 10.2. The van der Waals surface area contributed by atoms with Crippen LogP contribution in [0.3, 0.4) is 0 Å². The van der Waals surface area contributed by atoms with E-state index < -0.39 is 22.8 Å². The van der Waals surface area contributed by atoms with Gasteiger partial charge in [0, 0.05) is 27.4 Å². The molecule has 4 aromatic rings. The van der Waals surface area contributed by atoms with Crippen molar-refractivity contribution in [1.29, 1.82) is 0 Å². The molecule has 7 nitrogen and oxygen atoms in total. The van der Waals surface area contributed by atoms with Gasteiger partial charge in [0.25, 0.3) is 0 Å². The number of imidazole rings is 1. The number of pyridine rings is 1. The Morgan fingerprint density at radius 1 is 1.00 bits per heavy atom. The molecule has 0 saturated carbocycles. The number of alkyl halides is 3. The fourth-order valence-electron chi connectivity index (χ4n) is 2.84. The second-order valence-electron chi connectivity index (χ2n) is 6.51. The van der Waals surface area contributed by atoms with Crippen LogP contribution >= 0.6 is 23.4 Å². The number of urea groups is 1. The Labute approximate surface area is 187 Å². The number of anilines is 2. The van der Waals surface area contributed by atoms with Crippen LogP contribution in [0.1, 0.15) is 5.56 Å². The Bertz CT molecular complexity index is 1350. The predicted molar refractivity (Wildman–Crippen MR) is 116 cm³/mol. The van der Waals surface area contributed by atoms with Gasteiger partial charge in [0.1, 0.15) is 0 Å². The largest absolute Gasteiger partial charge is 0.417 e. The van der Waals surface area contributed by atoms with E-state index in [1.54, 1.807) is 36.5 Å². The molecule has 0 unspecified atom stereocenters. The van der Waals surface area contributed by atoms with E-state index in [0.717, 1.165) is 21.9 Å². The van der Waals surface area contributed by atoms with Crippen molar-refractivity contribution in [1.82, 2.24) is 15.0 Å². The van der Waals surface area contributed by atoms with Crippen molar-refractivity contribution in [3.63, 3.8) is 0 Å². The van der Waals surface area contributed by atoms with Crippen LogP contribution in [-0.4, -0.2) is 21.0 Å². The first-order valence-corrected chi connectivity index (χ1v) is 10.2. The van der Waals surface area contributed by atoms with Crippen molar-refractivity contribution in [3.05, 3.63) is 75.8 Å². The number of nitrogens with zero attached hydrogens (tertiary/aromatic N) is 1. The number of carbonyl (C=O) groups is 1. The second-order valence-corrected chi connectivity index (χ2v) is 8.03. The number of hydrogen-bond donors (Lipinski definition) is 4. The third kappa shape index (κ3) is 4.89. The van der Waals surface area contributed by atoms with Crippen LogP contribution in [0.25, 0.3) is 11.2 Å². The zero-order valence-corrected chi connectivity index (χ0v) is 17.5. The number of hydrogen-bond acceptors (Lipinski definition) is 4. The first-order valence-electron chi connectivity index (χ1n) is 8.99. The Hall–Kier alpha value is -3.44.